The molecule has 0 spiro atoms. The zero-order valence-corrected chi connectivity index (χ0v) is 14.0. The number of amides is 1. The van der Waals surface area contributed by atoms with Crippen molar-refractivity contribution in [2.24, 2.45) is 0 Å². The van der Waals surface area contributed by atoms with Crippen molar-refractivity contribution in [1.29, 1.82) is 0 Å². The van der Waals surface area contributed by atoms with Crippen molar-refractivity contribution >= 4 is 39.9 Å². The van der Waals surface area contributed by atoms with Crippen LogP contribution < -0.4 is 4.90 Å². The molecule has 0 aliphatic carbocycles. The smallest absolute Gasteiger partial charge is 0.244 e. The van der Waals surface area contributed by atoms with Gasteiger partial charge in [0, 0.05) is 18.8 Å². The summed E-state index contributed by atoms with van der Waals surface area (Å²) in [5.74, 6) is 0.619. The average Bonchev–Trinajstić information content (AvgIpc) is 3.06. The molecule has 118 valence electrons. The zero-order valence-electron chi connectivity index (χ0n) is 12.4. The second-order valence-corrected chi connectivity index (χ2v) is 7.25. The maximum Gasteiger partial charge on any atom is 0.244 e. The van der Waals surface area contributed by atoms with Crippen molar-refractivity contribution in [2.45, 2.75) is 12.5 Å². The summed E-state index contributed by atoms with van der Waals surface area (Å²) in [6.07, 6.45) is 0.706. The summed E-state index contributed by atoms with van der Waals surface area (Å²) in [5, 5.41) is 0. The molecule has 0 radical (unpaired) electrons. The van der Waals surface area contributed by atoms with E-state index in [0.717, 1.165) is 16.6 Å². The molecule has 2 aliphatic rings. The lowest BCUT2D eigenvalue weighted by Crippen LogP contribution is -2.45. The van der Waals surface area contributed by atoms with E-state index in [4.69, 9.17) is 12.2 Å². The van der Waals surface area contributed by atoms with Crippen LogP contribution >= 0.6 is 24.0 Å². The molecule has 1 amide bonds. The molecule has 2 aliphatic heterocycles. The van der Waals surface area contributed by atoms with Crippen LogP contribution in [-0.4, -0.2) is 58.6 Å². The number of nitrogens with zero attached hydrogens (tertiary/aromatic N) is 3. The number of halogens is 1. The zero-order chi connectivity index (χ0) is 15.7. The number of thioether (sulfide) groups is 1. The third kappa shape index (κ3) is 2.98. The first-order valence-corrected chi connectivity index (χ1v) is 8.65. The fraction of sp³-hybridized carbons (Fsp3) is 0.467. The van der Waals surface area contributed by atoms with Gasteiger partial charge in [-0.3, -0.25) is 9.69 Å². The topological polar surface area (TPSA) is 26.8 Å². The molecule has 4 nitrogen and oxygen atoms in total. The highest BCUT2D eigenvalue weighted by Crippen LogP contribution is 2.27. The Kier molecular flexibility index (Phi) is 4.65. The maximum absolute atomic E-state index is 13.9. The Morgan fingerprint density at radius 2 is 2.18 bits per heavy atom. The van der Waals surface area contributed by atoms with Crippen molar-refractivity contribution in [3.63, 3.8) is 0 Å². The van der Waals surface area contributed by atoms with Crippen LogP contribution in [0.3, 0.4) is 0 Å². The van der Waals surface area contributed by atoms with E-state index in [1.165, 1.54) is 6.07 Å². The average molecular weight is 339 g/mol. The summed E-state index contributed by atoms with van der Waals surface area (Å²) < 4.78 is 14.8. The molecule has 2 saturated heterocycles. The van der Waals surface area contributed by atoms with Crippen molar-refractivity contribution in [3.8, 4) is 0 Å². The van der Waals surface area contributed by atoms with Gasteiger partial charge in [-0.15, -0.1) is 0 Å². The molecule has 1 aromatic carbocycles. The molecule has 0 saturated carbocycles. The van der Waals surface area contributed by atoms with Gasteiger partial charge in [0.05, 0.1) is 18.4 Å². The van der Waals surface area contributed by atoms with Crippen LogP contribution in [0.5, 0.6) is 0 Å². The van der Waals surface area contributed by atoms with Gasteiger partial charge in [0.25, 0.3) is 0 Å². The highest BCUT2D eigenvalue weighted by Gasteiger charge is 2.37. The predicted octanol–water partition coefficient (Wildman–Crippen LogP) is 2.15. The molecule has 1 aromatic rings. The summed E-state index contributed by atoms with van der Waals surface area (Å²) in [6, 6.07) is 6.21. The third-order valence-corrected chi connectivity index (χ3v) is 5.59. The minimum absolute atomic E-state index is 0.0367. The van der Waals surface area contributed by atoms with E-state index in [2.05, 4.69) is 4.90 Å². The standard InChI is InChI=1S/C15H18FN3OS2/c1-17(10-18-8-9-22-15(18)21)13-6-7-19(14(13)20)12-5-3-2-4-11(12)16/h2-5,13H,6-10H2,1H3/t13-/m1/s1. The number of rotatable bonds is 4. The van der Waals surface area contributed by atoms with Gasteiger partial charge in [-0.25, -0.2) is 4.39 Å². The molecule has 7 heteroatoms. The normalized spacial score (nSPS) is 22.2. The summed E-state index contributed by atoms with van der Waals surface area (Å²) in [4.78, 5) is 18.3. The van der Waals surface area contributed by atoms with Gasteiger partial charge in [0.1, 0.15) is 10.1 Å². The minimum Gasteiger partial charge on any atom is -0.344 e. The first kappa shape index (κ1) is 15.7. The first-order chi connectivity index (χ1) is 10.6. The molecule has 0 bridgehead atoms. The number of likely N-dealkylation sites (N-methyl/N-ethyl adjacent to an activating group) is 1. The van der Waals surface area contributed by atoms with Crippen molar-refractivity contribution in [3.05, 3.63) is 30.1 Å². The Bertz CT molecular complexity index is 598. The molecule has 0 unspecified atom stereocenters. The molecule has 0 aromatic heterocycles. The molecule has 22 heavy (non-hydrogen) atoms. The van der Waals surface area contributed by atoms with Crippen LogP contribution in [0, 0.1) is 5.82 Å². The van der Waals surface area contributed by atoms with Crippen LogP contribution in [-0.2, 0) is 4.79 Å². The number of hydrogen-bond acceptors (Lipinski definition) is 4. The van der Waals surface area contributed by atoms with E-state index in [1.807, 2.05) is 11.9 Å². The van der Waals surface area contributed by atoms with Gasteiger partial charge < -0.3 is 9.80 Å². The van der Waals surface area contributed by atoms with Crippen LogP contribution in [0.1, 0.15) is 6.42 Å². The molecule has 0 N–H and O–H groups in total. The quantitative estimate of drug-likeness (QED) is 0.784. The van der Waals surface area contributed by atoms with Gasteiger partial charge in [-0.2, -0.15) is 0 Å². The van der Waals surface area contributed by atoms with Gasteiger partial charge in [0.2, 0.25) is 5.91 Å². The Labute approximate surface area is 139 Å². The number of hydrogen-bond donors (Lipinski definition) is 0. The SMILES string of the molecule is CN(CN1CCSC1=S)[C@@H]1CCN(c2ccccc2F)C1=O. The molecular weight excluding hydrogens is 321 g/mol. The third-order valence-electron chi connectivity index (χ3n) is 4.09. The summed E-state index contributed by atoms with van der Waals surface area (Å²) in [5.41, 5.74) is 0.371. The second kappa shape index (κ2) is 6.52. The van der Waals surface area contributed by atoms with E-state index in [0.29, 0.717) is 25.3 Å². The first-order valence-electron chi connectivity index (χ1n) is 7.26. The van der Waals surface area contributed by atoms with E-state index in [9.17, 15) is 9.18 Å². The molecular formula is C15H18FN3OS2. The monoisotopic (exact) mass is 339 g/mol. The Morgan fingerprint density at radius 3 is 2.86 bits per heavy atom. The van der Waals surface area contributed by atoms with E-state index in [1.54, 1.807) is 34.9 Å². The van der Waals surface area contributed by atoms with Gasteiger partial charge in [0.15, 0.2) is 0 Å². The lowest BCUT2D eigenvalue weighted by atomic mass is 10.2. The van der Waals surface area contributed by atoms with Crippen LogP contribution in [0.4, 0.5) is 10.1 Å². The van der Waals surface area contributed by atoms with Crippen LogP contribution in [0.15, 0.2) is 24.3 Å². The van der Waals surface area contributed by atoms with Gasteiger partial charge >= 0.3 is 0 Å². The Hall–Kier alpha value is -1.18. The van der Waals surface area contributed by atoms with Crippen LogP contribution in [0.2, 0.25) is 0 Å². The number of carbonyl (C=O) groups excluding carboxylic acids is 1. The Balaban J connectivity index is 1.68. The summed E-state index contributed by atoms with van der Waals surface area (Å²) in [7, 11) is 1.93. The van der Waals surface area contributed by atoms with Gasteiger partial charge in [-0.05, 0) is 25.6 Å². The molecule has 1 atom stereocenters. The lowest BCUT2D eigenvalue weighted by Gasteiger charge is -2.28. The number of thiocarbonyl (C=S) groups is 1. The van der Waals surface area contributed by atoms with E-state index in [-0.39, 0.29) is 17.8 Å². The van der Waals surface area contributed by atoms with Crippen molar-refractivity contribution in [1.82, 2.24) is 9.80 Å². The Morgan fingerprint density at radius 1 is 1.41 bits per heavy atom. The second-order valence-electron chi connectivity index (χ2n) is 5.52. The largest absolute Gasteiger partial charge is 0.344 e. The minimum atomic E-state index is -0.351. The van der Waals surface area contributed by atoms with E-state index < -0.39 is 0 Å². The fourth-order valence-corrected chi connectivity index (χ4v) is 4.12. The predicted molar refractivity (Wildman–Crippen MR) is 91.6 cm³/mol. The lowest BCUT2D eigenvalue weighted by molar-refractivity contribution is -0.121. The number of benzene rings is 1. The number of para-hydroxylation sites is 1. The molecule has 2 fully saturated rings. The molecule has 3 rings (SSSR count). The summed E-state index contributed by atoms with van der Waals surface area (Å²) >= 11 is 6.97. The van der Waals surface area contributed by atoms with Gasteiger partial charge in [-0.1, -0.05) is 36.1 Å². The highest BCUT2D eigenvalue weighted by atomic mass is 32.2. The van der Waals surface area contributed by atoms with Crippen LogP contribution in [0.25, 0.3) is 0 Å². The molecule has 2 heterocycles. The number of carbonyl (C=O) groups is 1. The summed E-state index contributed by atoms with van der Waals surface area (Å²) in [6.45, 7) is 2.12. The van der Waals surface area contributed by atoms with Crippen molar-refractivity contribution < 1.29 is 9.18 Å². The van der Waals surface area contributed by atoms with Crippen molar-refractivity contribution in [2.75, 3.05) is 37.5 Å². The maximum atomic E-state index is 13.9. The number of anilines is 1. The fourth-order valence-electron chi connectivity index (χ4n) is 2.91. The van der Waals surface area contributed by atoms with E-state index >= 15 is 0 Å². The highest BCUT2D eigenvalue weighted by molar-refractivity contribution is 8.23.